The molecule has 0 spiro atoms. The Bertz CT molecular complexity index is 1120. The maximum Gasteiger partial charge on any atom is 0.374 e. The van der Waals surface area contributed by atoms with Crippen LogP contribution in [0.3, 0.4) is 0 Å². The van der Waals surface area contributed by atoms with E-state index in [1.807, 2.05) is 0 Å². The highest BCUT2D eigenvalue weighted by Gasteiger charge is 2.15. The van der Waals surface area contributed by atoms with Gasteiger partial charge < -0.3 is 19.8 Å². The molecule has 0 bridgehead atoms. The lowest BCUT2D eigenvalue weighted by atomic mass is 10.2. The third-order valence-corrected chi connectivity index (χ3v) is 3.81. The fraction of sp³-hybridized carbons (Fsp3) is 0.100. The van der Waals surface area contributed by atoms with E-state index in [0.717, 1.165) is 6.07 Å². The van der Waals surface area contributed by atoms with Crippen LogP contribution in [0.25, 0.3) is 11.0 Å². The second-order valence-corrected chi connectivity index (χ2v) is 5.76. The molecule has 2 N–H and O–H groups in total. The van der Waals surface area contributed by atoms with Gasteiger partial charge in [0.15, 0.2) is 12.0 Å². The number of hydrogen-bond donors (Lipinski definition) is 2. The van der Waals surface area contributed by atoms with Gasteiger partial charge in [-0.15, -0.1) is 0 Å². The monoisotopic (exact) mass is 380 g/mol. The Kier molecular flexibility index (Phi) is 5.50. The SMILES string of the molecule is CNC(=O)c1cccc(NC(=O)COC(=O)c2cc(=O)c3ccccc3o2)c1. The Balaban J connectivity index is 1.64. The molecule has 0 unspecified atom stereocenters. The summed E-state index contributed by atoms with van der Waals surface area (Å²) in [5.41, 5.74) is 0.608. The molecule has 1 heterocycles. The summed E-state index contributed by atoms with van der Waals surface area (Å²) in [5, 5.41) is 5.34. The predicted octanol–water partition coefficient (Wildman–Crippen LogP) is 1.95. The average molecular weight is 380 g/mol. The number of benzene rings is 2. The van der Waals surface area contributed by atoms with Crippen molar-refractivity contribution in [1.29, 1.82) is 0 Å². The van der Waals surface area contributed by atoms with Crippen LogP contribution < -0.4 is 16.1 Å². The third-order valence-electron chi connectivity index (χ3n) is 3.81. The van der Waals surface area contributed by atoms with Gasteiger partial charge in [-0.25, -0.2) is 4.79 Å². The summed E-state index contributed by atoms with van der Waals surface area (Å²) < 4.78 is 10.3. The number of hydrogen-bond acceptors (Lipinski definition) is 6. The van der Waals surface area contributed by atoms with Gasteiger partial charge in [0.25, 0.3) is 11.8 Å². The van der Waals surface area contributed by atoms with Crippen molar-refractivity contribution in [2.75, 3.05) is 19.0 Å². The molecule has 0 atom stereocenters. The first-order valence-electron chi connectivity index (χ1n) is 8.30. The summed E-state index contributed by atoms with van der Waals surface area (Å²) in [6.45, 7) is -0.584. The van der Waals surface area contributed by atoms with E-state index < -0.39 is 18.5 Å². The van der Waals surface area contributed by atoms with Gasteiger partial charge in [0, 0.05) is 24.4 Å². The third kappa shape index (κ3) is 4.24. The summed E-state index contributed by atoms with van der Waals surface area (Å²) in [4.78, 5) is 47.7. The second kappa shape index (κ2) is 8.17. The number of fused-ring (bicyclic) bond motifs is 1. The highest BCUT2D eigenvalue weighted by molar-refractivity contribution is 5.98. The first-order valence-corrected chi connectivity index (χ1v) is 8.30. The lowest BCUT2D eigenvalue weighted by Gasteiger charge is -2.08. The largest absolute Gasteiger partial charge is 0.450 e. The van der Waals surface area contributed by atoms with Gasteiger partial charge in [0.05, 0.1) is 5.39 Å². The summed E-state index contributed by atoms with van der Waals surface area (Å²) in [7, 11) is 1.50. The number of amides is 2. The van der Waals surface area contributed by atoms with E-state index in [9.17, 15) is 19.2 Å². The lowest BCUT2D eigenvalue weighted by Crippen LogP contribution is -2.22. The number of para-hydroxylation sites is 1. The molecule has 2 aromatic carbocycles. The lowest BCUT2D eigenvalue weighted by molar-refractivity contribution is -0.119. The van der Waals surface area contributed by atoms with Crippen LogP contribution in [-0.4, -0.2) is 31.4 Å². The molecule has 8 nitrogen and oxygen atoms in total. The second-order valence-electron chi connectivity index (χ2n) is 5.76. The van der Waals surface area contributed by atoms with Crippen LogP contribution in [0.2, 0.25) is 0 Å². The minimum atomic E-state index is -0.933. The zero-order valence-electron chi connectivity index (χ0n) is 14.9. The highest BCUT2D eigenvalue weighted by Crippen LogP contribution is 2.13. The van der Waals surface area contributed by atoms with E-state index in [1.165, 1.54) is 13.1 Å². The van der Waals surface area contributed by atoms with Crippen molar-refractivity contribution in [2.24, 2.45) is 0 Å². The molecule has 3 rings (SSSR count). The molecule has 3 aromatic rings. The number of esters is 1. The normalized spacial score (nSPS) is 10.3. The van der Waals surface area contributed by atoms with Crippen LogP contribution in [-0.2, 0) is 9.53 Å². The topological polar surface area (TPSA) is 115 Å². The highest BCUT2D eigenvalue weighted by atomic mass is 16.5. The van der Waals surface area contributed by atoms with Crippen molar-refractivity contribution in [2.45, 2.75) is 0 Å². The molecule has 8 heteroatoms. The molecular formula is C20H16N2O6. The predicted molar refractivity (Wildman–Crippen MR) is 101 cm³/mol. The number of ether oxygens (including phenoxy) is 1. The fourth-order valence-corrected chi connectivity index (χ4v) is 2.49. The maximum absolute atomic E-state index is 12.1. The molecule has 0 radical (unpaired) electrons. The van der Waals surface area contributed by atoms with E-state index in [4.69, 9.17) is 9.15 Å². The van der Waals surface area contributed by atoms with Crippen LogP contribution in [0.1, 0.15) is 20.9 Å². The molecule has 28 heavy (non-hydrogen) atoms. The minimum Gasteiger partial charge on any atom is -0.450 e. The minimum absolute atomic E-state index is 0.248. The molecule has 0 aliphatic heterocycles. The van der Waals surface area contributed by atoms with Gasteiger partial charge in [-0.2, -0.15) is 0 Å². The Morgan fingerprint density at radius 2 is 1.82 bits per heavy atom. The van der Waals surface area contributed by atoms with Crippen LogP contribution in [0.5, 0.6) is 0 Å². The fourth-order valence-electron chi connectivity index (χ4n) is 2.49. The molecule has 0 aliphatic rings. The summed E-state index contributed by atoms with van der Waals surface area (Å²) in [6.07, 6.45) is 0. The van der Waals surface area contributed by atoms with Gasteiger partial charge in [-0.1, -0.05) is 18.2 Å². The Hall–Kier alpha value is -3.94. The number of nitrogens with one attached hydrogen (secondary N) is 2. The van der Waals surface area contributed by atoms with Crippen LogP contribution in [0, 0.1) is 0 Å². The quantitative estimate of drug-likeness (QED) is 0.654. The van der Waals surface area contributed by atoms with Crippen molar-refractivity contribution in [1.82, 2.24) is 5.32 Å². The first kappa shape index (κ1) is 18.8. The molecule has 142 valence electrons. The molecule has 2 amide bonds. The van der Waals surface area contributed by atoms with E-state index in [1.54, 1.807) is 42.5 Å². The van der Waals surface area contributed by atoms with E-state index in [2.05, 4.69) is 10.6 Å². The Labute approximate surface area is 159 Å². The summed E-state index contributed by atoms with van der Waals surface area (Å²) >= 11 is 0. The first-order chi connectivity index (χ1) is 13.5. The maximum atomic E-state index is 12.1. The number of carbonyl (C=O) groups excluding carboxylic acids is 3. The molecule has 0 saturated heterocycles. The van der Waals surface area contributed by atoms with Crippen LogP contribution in [0.15, 0.2) is 63.8 Å². The molecular weight excluding hydrogens is 364 g/mol. The van der Waals surface area contributed by atoms with E-state index >= 15 is 0 Å². The van der Waals surface area contributed by atoms with Crippen molar-refractivity contribution in [3.63, 3.8) is 0 Å². The van der Waals surface area contributed by atoms with Crippen LogP contribution >= 0.6 is 0 Å². The zero-order valence-corrected chi connectivity index (χ0v) is 14.9. The van der Waals surface area contributed by atoms with Gasteiger partial charge in [-0.3, -0.25) is 14.4 Å². The number of rotatable bonds is 5. The number of anilines is 1. The standard InChI is InChI=1S/C20H16N2O6/c1-21-19(25)12-5-4-6-13(9-12)22-18(24)11-27-20(26)17-10-15(23)14-7-2-3-8-16(14)28-17/h2-10H,11H2,1H3,(H,21,25)(H,22,24). The molecule has 0 aliphatic carbocycles. The smallest absolute Gasteiger partial charge is 0.374 e. The molecule has 1 aromatic heterocycles. The van der Waals surface area contributed by atoms with Gasteiger partial charge >= 0.3 is 5.97 Å². The van der Waals surface area contributed by atoms with E-state index in [0.29, 0.717) is 16.6 Å². The summed E-state index contributed by atoms with van der Waals surface area (Å²) in [5.74, 6) is -2.13. The Morgan fingerprint density at radius 3 is 2.61 bits per heavy atom. The number of carbonyl (C=O) groups is 3. The van der Waals surface area contributed by atoms with Crippen molar-refractivity contribution in [3.05, 3.63) is 76.1 Å². The molecule has 0 saturated carbocycles. The van der Waals surface area contributed by atoms with Crippen molar-refractivity contribution < 1.29 is 23.5 Å². The summed E-state index contributed by atoms with van der Waals surface area (Å²) in [6, 6.07) is 13.8. The van der Waals surface area contributed by atoms with Crippen molar-refractivity contribution in [3.8, 4) is 0 Å². The molecule has 0 fully saturated rings. The van der Waals surface area contributed by atoms with Crippen LogP contribution in [0.4, 0.5) is 5.69 Å². The van der Waals surface area contributed by atoms with Crippen molar-refractivity contribution >= 4 is 34.4 Å². The average Bonchev–Trinajstić information content (AvgIpc) is 2.71. The van der Waals surface area contributed by atoms with Gasteiger partial charge in [-0.05, 0) is 30.3 Å². The van der Waals surface area contributed by atoms with Gasteiger partial charge in [0.1, 0.15) is 5.58 Å². The van der Waals surface area contributed by atoms with Gasteiger partial charge in [0.2, 0.25) is 5.76 Å². The Morgan fingerprint density at radius 1 is 1.04 bits per heavy atom. The zero-order chi connectivity index (χ0) is 20.1. The van der Waals surface area contributed by atoms with E-state index in [-0.39, 0.29) is 22.7 Å².